The highest BCUT2D eigenvalue weighted by Crippen LogP contribution is 2.32. The van der Waals surface area contributed by atoms with Crippen molar-refractivity contribution in [2.75, 3.05) is 5.32 Å². The SMILES string of the molecule is Cc1cc(Cl)c(NC(=O)C2CCCC(C(=O)O)C2)cc1Cl. The minimum Gasteiger partial charge on any atom is -0.481 e. The number of carbonyl (C=O) groups excluding carboxylic acids is 1. The van der Waals surface area contributed by atoms with Crippen molar-refractivity contribution in [2.45, 2.75) is 32.6 Å². The minimum atomic E-state index is -0.830. The number of carboxylic acid groups (broad SMARTS) is 1. The summed E-state index contributed by atoms with van der Waals surface area (Å²) in [5.41, 5.74) is 1.30. The summed E-state index contributed by atoms with van der Waals surface area (Å²) in [6, 6.07) is 3.31. The maximum absolute atomic E-state index is 12.3. The lowest BCUT2D eigenvalue weighted by atomic mass is 9.81. The van der Waals surface area contributed by atoms with Gasteiger partial charge in [-0.15, -0.1) is 0 Å². The molecule has 21 heavy (non-hydrogen) atoms. The van der Waals surface area contributed by atoms with Crippen LogP contribution in [0.15, 0.2) is 12.1 Å². The van der Waals surface area contributed by atoms with Gasteiger partial charge >= 0.3 is 5.97 Å². The van der Waals surface area contributed by atoms with Crippen LogP contribution in [-0.2, 0) is 9.59 Å². The van der Waals surface area contributed by atoms with Crippen LogP contribution in [0.5, 0.6) is 0 Å². The predicted octanol–water partition coefficient (Wildman–Crippen LogP) is 4.13. The van der Waals surface area contributed by atoms with E-state index in [2.05, 4.69) is 5.32 Å². The zero-order valence-electron chi connectivity index (χ0n) is 11.7. The van der Waals surface area contributed by atoms with E-state index < -0.39 is 11.9 Å². The first-order valence-corrected chi connectivity index (χ1v) is 7.63. The molecular weight excluding hydrogens is 313 g/mol. The topological polar surface area (TPSA) is 66.4 Å². The first kappa shape index (κ1) is 16.1. The van der Waals surface area contributed by atoms with Gasteiger partial charge in [0.2, 0.25) is 5.91 Å². The summed E-state index contributed by atoms with van der Waals surface area (Å²) in [5.74, 6) is -1.76. The van der Waals surface area contributed by atoms with Crippen molar-refractivity contribution in [1.82, 2.24) is 0 Å². The molecule has 1 aliphatic rings. The summed E-state index contributed by atoms with van der Waals surface area (Å²) >= 11 is 12.1. The van der Waals surface area contributed by atoms with Crippen LogP contribution in [0.1, 0.15) is 31.2 Å². The fraction of sp³-hybridized carbons (Fsp3) is 0.467. The first-order chi connectivity index (χ1) is 9.88. The second-order valence-electron chi connectivity index (χ2n) is 5.47. The van der Waals surface area contributed by atoms with Crippen molar-refractivity contribution in [3.8, 4) is 0 Å². The van der Waals surface area contributed by atoms with Crippen molar-refractivity contribution in [1.29, 1.82) is 0 Å². The summed E-state index contributed by atoms with van der Waals surface area (Å²) < 4.78 is 0. The molecule has 1 amide bonds. The Hall–Kier alpha value is -1.26. The van der Waals surface area contributed by atoms with Gasteiger partial charge in [0.25, 0.3) is 0 Å². The molecule has 0 heterocycles. The second kappa shape index (κ2) is 6.67. The number of amides is 1. The summed E-state index contributed by atoms with van der Waals surface area (Å²) in [4.78, 5) is 23.3. The molecule has 2 rings (SSSR count). The molecule has 1 saturated carbocycles. The number of halogens is 2. The number of carbonyl (C=O) groups is 2. The van der Waals surface area contributed by atoms with Crippen LogP contribution in [0, 0.1) is 18.8 Å². The molecule has 1 aromatic carbocycles. The van der Waals surface area contributed by atoms with Gasteiger partial charge in [0, 0.05) is 10.9 Å². The van der Waals surface area contributed by atoms with Gasteiger partial charge in [-0.05, 0) is 43.9 Å². The van der Waals surface area contributed by atoms with E-state index in [0.29, 0.717) is 35.0 Å². The third-order valence-electron chi connectivity index (χ3n) is 3.90. The molecule has 0 spiro atoms. The van der Waals surface area contributed by atoms with Crippen molar-refractivity contribution in [3.63, 3.8) is 0 Å². The average Bonchev–Trinajstić information content (AvgIpc) is 2.44. The molecule has 1 aliphatic carbocycles. The molecule has 0 aromatic heterocycles. The predicted molar refractivity (Wildman–Crippen MR) is 82.9 cm³/mol. The highest BCUT2D eigenvalue weighted by Gasteiger charge is 2.31. The molecule has 1 fully saturated rings. The molecule has 0 aliphatic heterocycles. The number of hydrogen-bond donors (Lipinski definition) is 2. The lowest BCUT2D eigenvalue weighted by Gasteiger charge is -2.25. The normalized spacial score (nSPS) is 21.9. The Morgan fingerprint density at radius 2 is 1.86 bits per heavy atom. The maximum atomic E-state index is 12.3. The number of nitrogens with one attached hydrogen (secondary N) is 1. The van der Waals surface area contributed by atoms with E-state index in [1.807, 2.05) is 6.92 Å². The van der Waals surface area contributed by atoms with E-state index in [0.717, 1.165) is 12.0 Å². The number of hydrogen-bond acceptors (Lipinski definition) is 2. The summed E-state index contributed by atoms with van der Waals surface area (Å²) in [6.45, 7) is 1.83. The lowest BCUT2D eigenvalue weighted by Crippen LogP contribution is -2.31. The summed E-state index contributed by atoms with van der Waals surface area (Å²) in [6.07, 6.45) is 2.46. The molecule has 0 saturated heterocycles. The third kappa shape index (κ3) is 3.89. The van der Waals surface area contributed by atoms with Crippen LogP contribution in [0.2, 0.25) is 10.0 Å². The number of aliphatic carboxylic acids is 1. The Morgan fingerprint density at radius 1 is 1.19 bits per heavy atom. The first-order valence-electron chi connectivity index (χ1n) is 6.87. The van der Waals surface area contributed by atoms with E-state index in [-0.39, 0.29) is 11.8 Å². The Morgan fingerprint density at radius 3 is 2.52 bits per heavy atom. The van der Waals surface area contributed by atoms with E-state index in [1.54, 1.807) is 12.1 Å². The highest BCUT2D eigenvalue weighted by molar-refractivity contribution is 6.36. The zero-order chi connectivity index (χ0) is 15.6. The number of aryl methyl sites for hydroxylation is 1. The van der Waals surface area contributed by atoms with E-state index in [9.17, 15) is 9.59 Å². The largest absolute Gasteiger partial charge is 0.481 e. The van der Waals surface area contributed by atoms with E-state index in [4.69, 9.17) is 28.3 Å². The minimum absolute atomic E-state index is 0.192. The Bertz CT molecular complexity index is 574. The summed E-state index contributed by atoms with van der Waals surface area (Å²) in [7, 11) is 0. The van der Waals surface area contributed by atoms with Crippen LogP contribution in [0.3, 0.4) is 0 Å². The van der Waals surface area contributed by atoms with Crippen LogP contribution in [-0.4, -0.2) is 17.0 Å². The highest BCUT2D eigenvalue weighted by atomic mass is 35.5. The maximum Gasteiger partial charge on any atom is 0.306 e. The zero-order valence-corrected chi connectivity index (χ0v) is 13.2. The molecule has 2 atom stereocenters. The number of benzene rings is 1. The van der Waals surface area contributed by atoms with Gasteiger partial charge in [0.1, 0.15) is 0 Å². The van der Waals surface area contributed by atoms with Gasteiger partial charge < -0.3 is 10.4 Å². The molecule has 6 heteroatoms. The van der Waals surface area contributed by atoms with Crippen molar-refractivity contribution in [3.05, 3.63) is 27.7 Å². The molecule has 114 valence electrons. The number of rotatable bonds is 3. The number of carboxylic acids is 1. The molecule has 1 aromatic rings. The average molecular weight is 330 g/mol. The fourth-order valence-electron chi connectivity index (χ4n) is 2.63. The monoisotopic (exact) mass is 329 g/mol. The van der Waals surface area contributed by atoms with Gasteiger partial charge in [-0.1, -0.05) is 29.6 Å². The van der Waals surface area contributed by atoms with Crippen molar-refractivity contribution in [2.24, 2.45) is 11.8 Å². The van der Waals surface area contributed by atoms with Gasteiger partial charge in [-0.25, -0.2) is 0 Å². The quantitative estimate of drug-likeness (QED) is 0.876. The number of anilines is 1. The lowest BCUT2D eigenvalue weighted by molar-refractivity contribution is -0.143. The van der Waals surface area contributed by atoms with Gasteiger partial charge in [0.05, 0.1) is 16.6 Å². The van der Waals surface area contributed by atoms with Gasteiger partial charge in [0.15, 0.2) is 0 Å². The van der Waals surface area contributed by atoms with Crippen molar-refractivity contribution < 1.29 is 14.7 Å². The molecular formula is C15H17Cl2NO3. The van der Waals surface area contributed by atoms with E-state index in [1.165, 1.54) is 0 Å². The standard InChI is InChI=1S/C15H17Cl2NO3/c1-8-5-12(17)13(7-11(8)16)18-14(19)9-3-2-4-10(6-9)15(20)21/h5,7,9-10H,2-4,6H2,1H3,(H,18,19)(H,20,21). The molecule has 0 bridgehead atoms. The van der Waals surface area contributed by atoms with Crippen LogP contribution in [0.25, 0.3) is 0 Å². The van der Waals surface area contributed by atoms with Gasteiger partial charge in [-0.3, -0.25) is 9.59 Å². The Kier molecular flexibility index (Phi) is 5.12. The van der Waals surface area contributed by atoms with Crippen LogP contribution in [0.4, 0.5) is 5.69 Å². The molecule has 2 unspecified atom stereocenters. The van der Waals surface area contributed by atoms with Crippen molar-refractivity contribution >= 4 is 40.8 Å². The molecule has 4 nitrogen and oxygen atoms in total. The smallest absolute Gasteiger partial charge is 0.306 e. The fourth-order valence-corrected chi connectivity index (χ4v) is 3.06. The Labute approximate surface area is 133 Å². The second-order valence-corrected chi connectivity index (χ2v) is 6.28. The Balaban J connectivity index is 2.07. The van der Waals surface area contributed by atoms with Gasteiger partial charge in [-0.2, -0.15) is 0 Å². The third-order valence-corrected chi connectivity index (χ3v) is 4.62. The van der Waals surface area contributed by atoms with Crippen LogP contribution < -0.4 is 5.32 Å². The molecule has 0 radical (unpaired) electrons. The van der Waals surface area contributed by atoms with Crippen LogP contribution >= 0.6 is 23.2 Å². The van der Waals surface area contributed by atoms with E-state index >= 15 is 0 Å². The molecule has 2 N–H and O–H groups in total. The summed E-state index contributed by atoms with van der Waals surface area (Å²) in [5, 5.41) is 12.8.